The van der Waals surface area contributed by atoms with E-state index in [9.17, 15) is 17.6 Å². The predicted octanol–water partition coefficient (Wildman–Crippen LogP) is 3.07. The molecular formula is C19H17ClFN5O3S2. The van der Waals surface area contributed by atoms with Crippen molar-refractivity contribution in [3.05, 3.63) is 52.3 Å². The summed E-state index contributed by atoms with van der Waals surface area (Å²) in [5.74, 6) is -1.40. The summed E-state index contributed by atoms with van der Waals surface area (Å²) in [6.07, 6.45) is 2.15. The van der Waals surface area contributed by atoms with E-state index in [1.165, 1.54) is 6.08 Å². The Hall–Kier alpha value is -2.81. The van der Waals surface area contributed by atoms with Crippen LogP contribution in [0.1, 0.15) is 20.9 Å². The molecule has 1 aliphatic rings. The lowest BCUT2D eigenvalue weighted by molar-refractivity contribution is 0.0977. The zero-order valence-corrected chi connectivity index (χ0v) is 18.9. The van der Waals surface area contributed by atoms with Gasteiger partial charge in [0.25, 0.3) is 5.91 Å². The number of nitriles is 1. The Kier molecular flexibility index (Phi) is 6.74. The second-order valence-corrected chi connectivity index (χ2v) is 10.2. The molecule has 8 nitrogen and oxygen atoms in total. The van der Waals surface area contributed by atoms with Crippen molar-refractivity contribution in [3.8, 4) is 6.07 Å². The largest absolute Gasteiger partial charge is 0.312 e. The van der Waals surface area contributed by atoms with Crippen LogP contribution in [0.4, 0.5) is 15.2 Å². The first kappa shape index (κ1) is 22.9. The number of carbonyl (C=O) groups excluding carboxylic acids is 1. The van der Waals surface area contributed by atoms with Crippen LogP contribution in [0.5, 0.6) is 0 Å². The van der Waals surface area contributed by atoms with Crippen LogP contribution in [-0.2, 0) is 10.0 Å². The molecule has 1 atom stereocenters. The van der Waals surface area contributed by atoms with Gasteiger partial charge in [-0.25, -0.2) is 22.5 Å². The molecule has 1 amide bonds. The summed E-state index contributed by atoms with van der Waals surface area (Å²) in [6.45, 7) is 1.86. The monoisotopic (exact) mass is 481 g/mol. The third-order valence-corrected chi connectivity index (χ3v) is 6.00. The molecule has 2 heterocycles. The number of amides is 1. The normalized spacial score (nSPS) is 16.2. The maximum atomic E-state index is 14.4. The summed E-state index contributed by atoms with van der Waals surface area (Å²) in [5.41, 5.74) is 1.15. The minimum atomic E-state index is -3.76. The second kappa shape index (κ2) is 9.13. The van der Waals surface area contributed by atoms with E-state index < -0.39 is 27.1 Å². The van der Waals surface area contributed by atoms with Crippen molar-refractivity contribution < 1.29 is 17.6 Å². The van der Waals surface area contributed by atoms with Crippen LogP contribution in [-0.4, -0.2) is 49.7 Å². The van der Waals surface area contributed by atoms with Gasteiger partial charge >= 0.3 is 0 Å². The fraction of sp³-hybridized carbons (Fsp3) is 0.263. The number of dihydropyridines is 1. The van der Waals surface area contributed by atoms with Gasteiger partial charge in [0, 0.05) is 10.6 Å². The standard InChI is InChI=1S/C19H17ClFN5O3S2/c1-11-17(18(27)25-31(2,28)29)24-19(30-11)26(14-5-3-12(8-22)4-6-14)10-16-15(21)7-13(20)9-23-16/h3-7,13H,9-10H2,1-2H3,(H,25,27). The molecular weight excluding hydrogens is 465 g/mol. The summed E-state index contributed by atoms with van der Waals surface area (Å²) in [7, 11) is -3.76. The van der Waals surface area contributed by atoms with Gasteiger partial charge in [-0.1, -0.05) is 0 Å². The molecule has 0 aliphatic carbocycles. The van der Waals surface area contributed by atoms with Gasteiger partial charge in [-0.3, -0.25) is 9.79 Å². The number of anilines is 2. The van der Waals surface area contributed by atoms with Gasteiger partial charge in [-0.05, 0) is 37.3 Å². The fourth-order valence-electron chi connectivity index (χ4n) is 2.77. The molecule has 0 fully saturated rings. The molecule has 0 saturated heterocycles. The number of aromatic nitrogens is 1. The van der Waals surface area contributed by atoms with E-state index in [0.29, 0.717) is 21.3 Å². The van der Waals surface area contributed by atoms with Crippen molar-refractivity contribution in [2.45, 2.75) is 12.3 Å². The van der Waals surface area contributed by atoms with E-state index in [1.807, 2.05) is 10.8 Å². The van der Waals surface area contributed by atoms with Crippen molar-refractivity contribution in [2.75, 3.05) is 24.2 Å². The maximum Gasteiger partial charge on any atom is 0.284 e. The van der Waals surface area contributed by atoms with Gasteiger partial charge in [0.1, 0.15) is 11.5 Å². The van der Waals surface area contributed by atoms with Gasteiger partial charge in [0.05, 0.1) is 42.1 Å². The van der Waals surface area contributed by atoms with Crippen molar-refractivity contribution in [1.29, 1.82) is 5.26 Å². The highest BCUT2D eigenvalue weighted by molar-refractivity contribution is 7.89. The number of hydrogen-bond acceptors (Lipinski definition) is 8. The first-order valence-electron chi connectivity index (χ1n) is 8.89. The maximum absolute atomic E-state index is 14.4. The fourth-order valence-corrected chi connectivity index (χ4v) is 4.31. The Morgan fingerprint density at radius 3 is 2.68 bits per heavy atom. The molecule has 0 bridgehead atoms. The number of benzene rings is 1. The molecule has 1 aromatic carbocycles. The number of rotatable bonds is 6. The van der Waals surface area contributed by atoms with Crippen molar-refractivity contribution in [3.63, 3.8) is 0 Å². The Morgan fingerprint density at radius 1 is 1.42 bits per heavy atom. The average Bonchev–Trinajstić information content (AvgIpc) is 3.08. The van der Waals surface area contributed by atoms with Gasteiger partial charge in [-0.2, -0.15) is 5.26 Å². The molecule has 0 radical (unpaired) electrons. The summed E-state index contributed by atoms with van der Waals surface area (Å²) < 4.78 is 39.1. The average molecular weight is 482 g/mol. The lowest BCUT2D eigenvalue weighted by atomic mass is 10.1. The van der Waals surface area contributed by atoms with Crippen LogP contribution < -0.4 is 9.62 Å². The van der Waals surface area contributed by atoms with Crippen LogP contribution in [0.3, 0.4) is 0 Å². The quantitative estimate of drug-likeness (QED) is 0.634. The number of carbonyl (C=O) groups is 1. The number of alkyl halides is 1. The number of sulfonamides is 1. The molecule has 12 heteroatoms. The van der Waals surface area contributed by atoms with Crippen molar-refractivity contribution in [1.82, 2.24) is 9.71 Å². The number of aryl methyl sites for hydroxylation is 1. The molecule has 162 valence electrons. The lowest BCUT2D eigenvalue weighted by Gasteiger charge is -2.24. The Labute approximate surface area is 187 Å². The molecule has 1 aromatic heterocycles. The minimum absolute atomic E-state index is 0.00205. The lowest BCUT2D eigenvalue weighted by Crippen LogP contribution is -2.30. The Bertz CT molecular complexity index is 1220. The first-order valence-corrected chi connectivity index (χ1v) is 12.0. The van der Waals surface area contributed by atoms with Crippen LogP contribution >= 0.6 is 22.9 Å². The first-order chi connectivity index (χ1) is 14.6. The number of halogens is 2. The summed E-state index contributed by atoms with van der Waals surface area (Å²) in [5, 5.41) is 8.85. The van der Waals surface area contributed by atoms with Crippen LogP contribution in [0.15, 0.2) is 41.2 Å². The molecule has 31 heavy (non-hydrogen) atoms. The van der Waals surface area contributed by atoms with E-state index in [-0.39, 0.29) is 24.5 Å². The smallest absolute Gasteiger partial charge is 0.284 e. The molecule has 3 rings (SSSR count). The molecule has 0 saturated carbocycles. The predicted molar refractivity (Wildman–Crippen MR) is 118 cm³/mol. The van der Waals surface area contributed by atoms with Gasteiger partial charge < -0.3 is 4.90 Å². The minimum Gasteiger partial charge on any atom is -0.312 e. The molecule has 0 spiro atoms. The SMILES string of the molecule is Cc1sc(N(CC2=NCC(Cl)C=C2F)c2ccc(C#N)cc2)nc1C(=O)NS(C)(=O)=O. The van der Waals surface area contributed by atoms with Crippen LogP contribution in [0.25, 0.3) is 0 Å². The highest BCUT2D eigenvalue weighted by atomic mass is 35.5. The number of thiazole rings is 1. The van der Waals surface area contributed by atoms with E-state index >= 15 is 0 Å². The summed E-state index contributed by atoms with van der Waals surface area (Å²) >= 11 is 7.06. The summed E-state index contributed by atoms with van der Waals surface area (Å²) in [4.78, 5) is 22.9. The molecule has 2 aromatic rings. The highest BCUT2D eigenvalue weighted by Gasteiger charge is 2.25. The number of nitrogens with one attached hydrogen (secondary N) is 1. The third-order valence-electron chi connectivity index (χ3n) is 4.18. The molecule has 1 aliphatic heterocycles. The topological polar surface area (TPSA) is 116 Å². The van der Waals surface area contributed by atoms with Crippen molar-refractivity contribution in [2.24, 2.45) is 4.99 Å². The zero-order valence-electron chi connectivity index (χ0n) is 16.5. The zero-order chi connectivity index (χ0) is 22.8. The number of aliphatic imine (C=N–C) groups is 1. The van der Waals surface area contributed by atoms with Crippen molar-refractivity contribution >= 4 is 55.4 Å². The van der Waals surface area contributed by atoms with Crippen LogP contribution in [0, 0.1) is 18.3 Å². The number of nitrogens with zero attached hydrogens (tertiary/aromatic N) is 4. The summed E-state index contributed by atoms with van der Waals surface area (Å²) in [6, 6.07) is 8.56. The third kappa shape index (κ3) is 5.66. The molecule has 1 unspecified atom stereocenters. The van der Waals surface area contributed by atoms with E-state index in [4.69, 9.17) is 16.9 Å². The van der Waals surface area contributed by atoms with Gasteiger partial charge in [0.2, 0.25) is 10.0 Å². The Balaban J connectivity index is 2.00. The Morgan fingerprint density at radius 2 is 2.10 bits per heavy atom. The van der Waals surface area contributed by atoms with Gasteiger partial charge in [-0.15, -0.1) is 22.9 Å². The van der Waals surface area contributed by atoms with E-state index in [2.05, 4.69) is 9.98 Å². The van der Waals surface area contributed by atoms with Crippen LogP contribution in [0.2, 0.25) is 0 Å². The van der Waals surface area contributed by atoms with E-state index in [0.717, 1.165) is 17.6 Å². The second-order valence-electron chi connectivity index (χ2n) is 6.67. The highest BCUT2D eigenvalue weighted by Crippen LogP contribution is 2.32. The van der Waals surface area contributed by atoms with E-state index in [1.54, 1.807) is 36.1 Å². The number of hydrogen-bond donors (Lipinski definition) is 1. The van der Waals surface area contributed by atoms with Gasteiger partial charge in [0.15, 0.2) is 5.13 Å². The molecule has 1 N–H and O–H groups in total.